The van der Waals surface area contributed by atoms with Crippen molar-refractivity contribution in [1.29, 1.82) is 0 Å². The number of thiazole rings is 1. The fraction of sp³-hybridized carbons (Fsp3) is 0.111. The molecule has 2 aromatic carbocycles. The Hall–Kier alpha value is -2.18. The highest BCUT2D eigenvalue weighted by Crippen LogP contribution is 2.23. The minimum Gasteiger partial charge on any atom is -0.325 e. The molecular weight excluding hydrogens is 388 g/mol. The summed E-state index contributed by atoms with van der Waals surface area (Å²) < 4.78 is 2.46. The highest BCUT2D eigenvalue weighted by atomic mass is 79.9. The Morgan fingerprint density at radius 1 is 1.17 bits per heavy atom. The van der Waals surface area contributed by atoms with E-state index >= 15 is 0 Å². The van der Waals surface area contributed by atoms with Gasteiger partial charge >= 0.3 is 4.87 Å². The normalized spacial score (nSPS) is 10.6. The number of rotatable bonds is 4. The molecule has 0 fully saturated rings. The average molecular weight is 403 g/mol. The van der Waals surface area contributed by atoms with E-state index in [1.807, 2.05) is 43.3 Å². The first-order valence-electron chi connectivity index (χ1n) is 7.34. The number of aromatic nitrogens is 1. The summed E-state index contributed by atoms with van der Waals surface area (Å²) in [6.07, 6.45) is 0. The molecular formula is C18H15BrN2O2S. The van der Waals surface area contributed by atoms with Gasteiger partial charge in [-0.2, -0.15) is 0 Å². The Kier molecular flexibility index (Phi) is 4.97. The van der Waals surface area contributed by atoms with E-state index in [-0.39, 0.29) is 17.3 Å². The second kappa shape index (κ2) is 7.15. The van der Waals surface area contributed by atoms with E-state index in [0.29, 0.717) is 5.69 Å². The molecule has 0 saturated carbocycles. The molecule has 1 aromatic heterocycles. The number of nitrogens with one attached hydrogen (secondary N) is 1. The molecule has 1 heterocycles. The minimum absolute atomic E-state index is 0.0118. The summed E-state index contributed by atoms with van der Waals surface area (Å²) in [6.45, 7) is 1.98. The molecule has 6 heteroatoms. The minimum atomic E-state index is -0.229. The number of hydrogen-bond donors (Lipinski definition) is 1. The molecule has 0 radical (unpaired) electrons. The van der Waals surface area contributed by atoms with Crippen LogP contribution < -0.4 is 10.2 Å². The summed E-state index contributed by atoms with van der Waals surface area (Å²) in [5, 5.41) is 4.62. The Labute approximate surface area is 151 Å². The van der Waals surface area contributed by atoms with Crippen LogP contribution in [-0.4, -0.2) is 10.5 Å². The van der Waals surface area contributed by atoms with Gasteiger partial charge in [0.2, 0.25) is 5.91 Å². The summed E-state index contributed by atoms with van der Waals surface area (Å²) in [5.41, 5.74) is 3.50. The van der Waals surface area contributed by atoms with Crippen LogP contribution in [0.2, 0.25) is 0 Å². The largest absolute Gasteiger partial charge is 0.325 e. The zero-order valence-electron chi connectivity index (χ0n) is 13.0. The number of halogens is 1. The van der Waals surface area contributed by atoms with Crippen LogP contribution in [-0.2, 0) is 11.3 Å². The van der Waals surface area contributed by atoms with Gasteiger partial charge in [-0.3, -0.25) is 14.2 Å². The van der Waals surface area contributed by atoms with Crippen molar-refractivity contribution in [3.05, 3.63) is 73.6 Å². The molecule has 24 heavy (non-hydrogen) atoms. The molecule has 4 nitrogen and oxygen atoms in total. The standard InChI is InChI=1S/C18H15BrN2O2S/c1-12-4-2-3-5-15(12)16-11-24-18(23)21(16)10-17(22)20-14-8-6-13(19)7-9-14/h2-9,11H,10H2,1H3,(H,20,22). The molecule has 122 valence electrons. The molecule has 0 bridgehead atoms. The van der Waals surface area contributed by atoms with Crippen molar-refractivity contribution < 1.29 is 4.79 Å². The first kappa shape index (κ1) is 16.7. The molecule has 0 saturated heterocycles. The van der Waals surface area contributed by atoms with Gasteiger partial charge in [0.1, 0.15) is 6.54 Å². The lowest BCUT2D eigenvalue weighted by Crippen LogP contribution is -2.25. The lowest BCUT2D eigenvalue weighted by molar-refractivity contribution is -0.116. The fourth-order valence-corrected chi connectivity index (χ4v) is 3.45. The van der Waals surface area contributed by atoms with Crippen LogP contribution in [0.1, 0.15) is 5.56 Å². The van der Waals surface area contributed by atoms with Crippen molar-refractivity contribution in [2.24, 2.45) is 0 Å². The molecule has 0 aliphatic rings. The summed E-state index contributed by atoms with van der Waals surface area (Å²) in [5.74, 6) is -0.229. The summed E-state index contributed by atoms with van der Waals surface area (Å²) in [7, 11) is 0. The van der Waals surface area contributed by atoms with Crippen LogP contribution in [0.3, 0.4) is 0 Å². The Bertz CT molecular complexity index is 929. The molecule has 3 rings (SSSR count). The zero-order chi connectivity index (χ0) is 17.1. The van der Waals surface area contributed by atoms with Crippen LogP contribution in [0.25, 0.3) is 11.3 Å². The number of carbonyl (C=O) groups is 1. The van der Waals surface area contributed by atoms with Crippen molar-refractivity contribution in [1.82, 2.24) is 4.57 Å². The molecule has 0 aliphatic heterocycles. The number of carbonyl (C=O) groups excluding carboxylic acids is 1. The van der Waals surface area contributed by atoms with Crippen molar-refractivity contribution in [3.8, 4) is 11.3 Å². The monoisotopic (exact) mass is 402 g/mol. The first-order valence-corrected chi connectivity index (χ1v) is 9.01. The van der Waals surface area contributed by atoms with Gasteiger partial charge in [0.15, 0.2) is 0 Å². The number of amides is 1. The number of benzene rings is 2. The highest BCUT2D eigenvalue weighted by molar-refractivity contribution is 9.10. The van der Waals surface area contributed by atoms with Gasteiger partial charge in [-0.15, -0.1) is 0 Å². The number of anilines is 1. The SMILES string of the molecule is Cc1ccccc1-c1csc(=O)n1CC(=O)Nc1ccc(Br)cc1. The predicted molar refractivity (Wildman–Crippen MR) is 102 cm³/mol. The van der Waals surface area contributed by atoms with E-state index < -0.39 is 0 Å². The Balaban J connectivity index is 1.84. The summed E-state index contributed by atoms with van der Waals surface area (Å²) >= 11 is 4.46. The van der Waals surface area contributed by atoms with E-state index in [1.165, 1.54) is 4.57 Å². The van der Waals surface area contributed by atoms with Gasteiger partial charge in [-0.25, -0.2) is 0 Å². The van der Waals surface area contributed by atoms with E-state index in [9.17, 15) is 9.59 Å². The third-order valence-corrected chi connectivity index (χ3v) is 4.93. The molecule has 0 aliphatic carbocycles. The lowest BCUT2D eigenvalue weighted by atomic mass is 10.1. The van der Waals surface area contributed by atoms with E-state index in [0.717, 1.165) is 32.6 Å². The van der Waals surface area contributed by atoms with Gasteiger partial charge < -0.3 is 5.32 Å². The van der Waals surface area contributed by atoms with Gasteiger partial charge in [0, 0.05) is 21.1 Å². The van der Waals surface area contributed by atoms with E-state index in [4.69, 9.17) is 0 Å². The van der Waals surface area contributed by atoms with Crippen molar-refractivity contribution in [3.63, 3.8) is 0 Å². The molecule has 0 atom stereocenters. The number of nitrogens with zero attached hydrogens (tertiary/aromatic N) is 1. The summed E-state index contributed by atoms with van der Waals surface area (Å²) in [6, 6.07) is 15.1. The van der Waals surface area contributed by atoms with Crippen LogP contribution in [0.5, 0.6) is 0 Å². The van der Waals surface area contributed by atoms with Gasteiger partial charge in [0.25, 0.3) is 0 Å². The topological polar surface area (TPSA) is 51.1 Å². The van der Waals surface area contributed by atoms with Gasteiger partial charge in [0.05, 0.1) is 5.69 Å². The molecule has 3 aromatic rings. The molecule has 1 N–H and O–H groups in total. The average Bonchev–Trinajstić information content (AvgIpc) is 2.91. The predicted octanol–water partition coefficient (Wildman–Crippen LogP) is 4.29. The zero-order valence-corrected chi connectivity index (χ0v) is 15.4. The van der Waals surface area contributed by atoms with Crippen LogP contribution >= 0.6 is 27.3 Å². The molecule has 1 amide bonds. The van der Waals surface area contributed by atoms with Gasteiger partial charge in [-0.1, -0.05) is 51.5 Å². The van der Waals surface area contributed by atoms with E-state index in [1.54, 1.807) is 17.5 Å². The smallest absolute Gasteiger partial charge is 0.308 e. The second-order valence-corrected chi connectivity index (χ2v) is 7.08. The Morgan fingerprint density at radius 3 is 2.58 bits per heavy atom. The van der Waals surface area contributed by atoms with E-state index in [2.05, 4.69) is 21.2 Å². The number of aryl methyl sites for hydroxylation is 1. The van der Waals surface area contributed by atoms with Crippen LogP contribution in [0, 0.1) is 6.92 Å². The second-order valence-electron chi connectivity index (χ2n) is 5.34. The fourth-order valence-electron chi connectivity index (χ4n) is 2.43. The number of hydrogen-bond acceptors (Lipinski definition) is 3. The van der Waals surface area contributed by atoms with Crippen molar-refractivity contribution in [2.45, 2.75) is 13.5 Å². The maximum atomic E-state index is 12.3. The quantitative estimate of drug-likeness (QED) is 0.707. The van der Waals surface area contributed by atoms with Crippen molar-refractivity contribution >= 4 is 38.9 Å². The van der Waals surface area contributed by atoms with Crippen LogP contribution in [0.15, 0.2) is 63.2 Å². The van der Waals surface area contributed by atoms with Gasteiger partial charge in [-0.05, 0) is 36.8 Å². The summed E-state index contributed by atoms with van der Waals surface area (Å²) in [4.78, 5) is 24.3. The third kappa shape index (κ3) is 3.66. The molecule has 0 unspecified atom stereocenters. The maximum absolute atomic E-state index is 12.3. The highest BCUT2D eigenvalue weighted by Gasteiger charge is 2.14. The third-order valence-electron chi connectivity index (χ3n) is 3.63. The first-order chi connectivity index (χ1) is 11.5. The van der Waals surface area contributed by atoms with Crippen LogP contribution in [0.4, 0.5) is 5.69 Å². The maximum Gasteiger partial charge on any atom is 0.308 e. The lowest BCUT2D eigenvalue weighted by Gasteiger charge is -2.10. The molecule has 0 spiro atoms. The van der Waals surface area contributed by atoms with Crippen molar-refractivity contribution in [2.75, 3.05) is 5.32 Å². The Morgan fingerprint density at radius 2 is 1.88 bits per heavy atom.